The number of carbonyl (C=O) groups excluding carboxylic acids is 2. The summed E-state index contributed by atoms with van der Waals surface area (Å²) in [5.41, 5.74) is 1.44. The Balaban J connectivity index is 1.91. The van der Waals surface area contributed by atoms with E-state index < -0.39 is 16.1 Å². The molecule has 2 amide bonds. The van der Waals surface area contributed by atoms with E-state index in [4.69, 9.17) is 4.42 Å². The van der Waals surface area contributed by atoms with Gasteiger partial charge < -0.3 is 4.42 Å². The fourth-order valence-electron chi connectivity index (χ4n) is 2.16. The van der Waals surface area contributed by atoms with E-state index >= 15 is 0 Å². The predicted molar refractivity (Wildman–Crippen MR) is 84.6 cm³/mol. The van der Waals surface area contributed by atoms with Crippen LogP contribution in [0.4, 0.5) is 10.5 Å². The monoisotopic (exact) mass is 330 g/mol. The average Bonchev–Trinajstić information content (AvgIpc) is 3.06. The number of non-ortho nitro benzene ring substituents is 1. The molecule has 7 nitrogen and oxygen atoms in total. The molecule has 116 valence electrons. The SMILES string of the molecule is Cc1cc([N+](=O)[O-])ccc1-c1ccc(/C=C2\SC(=O)NC2=O)o1. The van der Waals surface area contributed by atoms with Crippen molar-refractivity contribution in [3.63, 3.8) is 0 Å². The fourth-order valence-corrected chi connectivity index (χ4v) is 2.83. The first-order chi connectivity index (χ1) is 10.9. The van der Waals surface area contributed by atoms with Crippen molar-refractivity contribution in [1.82, 2.24) is 5.32 Å². The summed E-state index contributed by atoms with van der Waals surface area (Å²) in [6, 6.07) is 7.86. The Kier molecular flexibility index (Phi) is 3.75. The molecule has 1 N–H and O–H groups in total. The molecule has 1 aliphatic heterocycles. The normalized spacial score (nSPS) is 16.0. The van der Waals surface area contributed by atoms with Gasteiger partial charge >= 0.3 is 0 Å². The minimum atomic E-state index is -0.457. The number of nitrogens with zero attached hydrogens (tertiary/aromatic N) is 1. The van der Waals surface area contributed by atoms with Gasteiger partial charge in [0, 0.05) is 23.8 Å². The van der Waals surface area contributed by atoms with Crippen LogP contribution in [0.5, 0.6) is 0 Å². The number of benzene rings is 1. The lowest BCUT2D eigenvalue weighted by Crippen LogP contribution is -2.17. The maximum absolute atomic E-state index is 11.5. The van der Waals surface area contributed by atoms with Crippen molar-refractivity contribution in [1.29, 1.82) is 0 Å². The molecule has 1 aromatic heterocycles. The van der Waals surface area contributed by atoms with Crippen LogP contribution in [0.15, 0.2) is 39.7 Å². The Labute approximate surface area is 134 Å². The Morgan fingerprint density at radius 2 is 2.04 bits per heavy atom. The van der Waals surface area contributed by atoms with E-state index in [9.17, 15) is 19.7 Å². The number of imide groups is 1. The first kappa shape index (κ1) is 15.0. The van der Waals surface area contributed by atoms with Gasteiger partial charge in [0.05, 0.1) is 9.83 Å². The van der Waals surface area contributed by atoms with E-state index in [-0.39, 0.29) is 10.6 Å². The number of nitro groups is 1. The van der Waals surface area contributed by atoms with Crippen LogP contribution in [-0.4, -0.2) is 16.1 Å². The smallest absolute Gasteiger partial charge is 0.290 e. The highest BCUT2D eigenvalue weighted by Crippen LogP contribution is 2.31. The quantitative estimate of drug-likeness (QED) is 0.525. The fraction of sp³-hybridized carbons (Fsp3) is 0.0667. The Morgan fingerprint density at radius 1 is 1.26 bits per heavy atom. The molecular formula is C15H10N2O5S. The summed E-state index contributed by atoms with van der Waals surface area (Å²) in [7, 11) is 0. The van der Waals surface area contributed by atoms with E-state index in [2.05, 4.69) is 5.32 Å². The summed E-state index contributed by atoms with van der Waals surface area (Å²) in [5.74, 6) is 0.494. The van der Waals surface area contributed by atoms with Crippen molar-refractivity contribution in [3.05, 3.63) is 56.7 Å². The number of thioether (sulfide) groups is 1. The molecule has 0 radical (unpaired) electrons. The topological polar surface area (TPSA) is 102 Å². The number of hydrogen-bond donors (Lipinski definition) is 1. The van der Waals surface area contributed by atoms with Crippen molar-refractivity contribution in [2.24, 2.45) is 0 Å². The summed E-state index contributed by atoms with van der Waals surface area (Å²) in [5, 5.41) is 12.5. The van der Waals surface area contributed by atoms with Gasteiger partial charge in [0.25, 0.3) is 16.8 Å². The molecule has 1 saturated heterocycles. The van der Waals surface area contributed by atoms with Crippen LogP contribution in [0.3, 0.4) is 0 Å². The van der Waals surface area contributed by atoms with Gasteiger partial charge in [0.2, 0.25) is 0 Å². The van der Waals surface area contributed by atoms with Gasteiger partial charge in [0.1, 0.15) is 11.5 Å². The highest BCUT2D eigenvalue weighted by Gasteiger charge is 2.25. The summed E-state index contributed by atoms with van der Waals surface area (Å²) in [6.45, 7) is 1.75. The third kappa shape index (κ3) is 3.02. The number of aryl methyl sites for hydroxylation is 1. The van der Waals surface area contributed by atoms with Crippen molar-refractivity contribution >= 4 is 34.7 Å². The number of carbonyl (C=O) groups is 2. The van der Waals surface area contributed by atoms with Gasteiger partial charge in [-0.25, -0.2) is 0 Å². The molecule has 3 rings (SSSR count). The third-order valence-corrected chi connectivity index (χ3v) is 4.04. The molecule has 8 heteroatoms. The van der Waals surface area contributed by atoms with Gasteiger partial charge in [-0.05, 0) is 42.4 Å². The van der Waals surface area contributed by atoms with Gasteiger partial charge in [-0.1, -0.05) is 0 Å². The molecule has 0 aliphatic carbocycles. The second kappa shape index (κ2) is 5.73. The summed E-state index contributed by atoms with van der Waals surface area (Å²) < 4.78 is 5.65. The molecule has 2 heterocycles. The molecule has 1 aromatic carbocycles. The Hall–Kier alpha value is -2.87. The minimum Gasteiger partial charge on any atom is -0.457 e. The molecule has 0 bridgehead atoms. The highest BCUT2D eigenvalue weighted by atomic mass is 32.2. The lowest BCUT2D eigenvalue weighted by atomic mass is 10.1. The largest absolute Gasteiger partial charge is 0.457 e. The molecule has 1 fully saturated rings. The number of nitro benzene ring substituents is 1. The Morgan fingerprint density at radius 3 is 2.65 bits per heavy atom. The molecule has 0 saturated carbocycles. The second-order valence-electron chi connectivity index (χ2n) is 4.81. The van der Waals surface area contributed by atoms with Crippen LogP contribution in [-0.2, 0) is 4.79 Å². The number of hydrogen-bond acceptors (Lipinski definition) is 6. The summed E-state index contributed by atoms with van der Waals surface area (Å²) in [6.07, 6.45) is 1.48. The van der Waals surface area contributed by atoms with E-state index in [0.717, 1.165) is 17.3 Å². The first-order valence-electron chi connectivity index (χ1n) is 6.54. The first-order valence-corrected chi connectivity index (χ1v) is 7.36. The lowest BCUT2D eigenvalue weighted by Gasteiger charge is -2.02. The molecular weight excluding hydrogens is 320 g/mol. The van der Waals surface area contributed by atoms with Crippen LogP contribution in [0, 0.1) is 17.0 Å². The number of nitrogens with one attached hydrogen (secondary N) is 1. The minimum absolute atomic E-state index is 0.0117. The molecule has 0 atom stereocenters. The zero-order valence-electron chi connectivity index (χ0n) is 11.9. The third-order valence-electron chi connectivity index (χ3n) is 3.23. The van der Waals surface area contributed by atoms with Crippen LogP contribution in [0.2, 0.25) is 0 Å². The van der Waals surface area contributed by atoms with Gasteiger partial charge in [-0.3, -0.25) is 25.0 Å². The maximum Gasteiger partial charge on any atom is 0.290 e. The molecule has 23 heavy (non-hydrogen) atoms. The lowest BCUT2D eigenvalue weighted by molar-refractivity contribution is -0.384. The highest BCUT2D eigenvalue weighted by molar-refractivity contribution is 8.18. The maximum atomic E-state index is 11.5. The van der Waals surface area contributed by atoms with E-state index in [1.54, 1.807) is 25.1 Å². The van der Waals surface area contributed by atoms with Crippen molar-refractivity contribution < 1.29 is 18.9 Å². The number of amides is 2. The van der Waals surface area contributed by atoms with E-state index in [1.807, 2.05) is 0 Å². The summed E-state index contributed by atoms with van der Waals surface area (Å²) in [4.78, 5) is 33.2. The Bertz CT molecular complexity index is 869. The zero-order valence-corrected chi connectivity index (χ0v) is 12.7. The second-order valence-corrected chi connectivity index (χ2v) is 5.83. The number of furan rings is 1. The standard InChI is InChI=1S/C15H10N2O5S/c1-8-6-9(17(20)21)2-4-11(8)12-5-3-10(22-12)7-13-14(18)16-15(19)23-13/h2-7H,1H3,(H,16,18,19)/b13-7-. The molecule has 2 aromatic rings. The van der Waals surface area contributed by atoms with Crippen LogP contribution in [0.1, 0.15) is 11.3 Å². The van der Waals surface area contributed by atoms with Gasteiger partial charge in [-0.15, -0.1) is 0 Å². The predicted octanol–water partition coefficient (Wildman–Crippen LogP) is 3.49. The van der Waals surface area contributed by atoms with Crippen LogP contribution >= 0.6 is 11.8 Å². The van der Waals surface area contributed by atoms with Crippen molar-refractivity contribution in [3.8, 4) is 11.3 Å². The average molecular weight is 330 g/mol. The molecule has 0 spiro atoms. The van der Waals surface area contributed by atoms with E-state index in [0.29, 0.717) is 17.1 Å². The zero-order chi connectivity index (χ0) is 16.6. The van der Waals surface area contributed by atoms with Crippen LogP contribution in [0.25, 0.3) is 17.4 Å². The number of rotatable bonds is 3. The molecule has 1 aliphatic rings. The van der Waals surface area contributed by atoms with Crippen LogP contribution < -0.4 is 5.32 Å². The van der Waals surface area contributed by atoms with E-state index in [1.165, 1.54) is 18.2 Å². The summed E-state index contributed by atoms with van der Waals surface area (Å²) >= 11 is 0.808. The molecule has 0 unspecified atom stereocenters. The van der Waals surface area contributed by atoms with Crippen molar-refractivity contribution in [2.45, 2.75) is 6.92 Å². The van der Waals surface area contributed by atoms with Crippen molar-refractivity contribution in [2.75, 3.05) is 0 Å². The van der Waals surface area contributed by atoms with Gasteiger partial charge in [0.15, 0.2) is 0 Å². The van der Waals surface area contributed by atoms with Gasteiger partial charge in [-0.2, -0.15) is 0 Å².